The summed E-state index contributed by atoms with van der Waals surface area (Å²) in [6.45, 7) is 7.20. The zero-order valence-corrected chi connectivity index (χ0v) is 14.2. The molecule has 2 rings (SSSR count). The van der Waals surface area contributed by atoms with Crippen LogP contribution in [0.5, 0.6) is 5.75 Å². The Morgan fingerprint density at radius 1 is 1.45 bits per heavy atom. The van der Waals surface area contributed by atoms with E-state index in [0.717, 1.165) is 25.4 Å². The summed E-state index contributed by atoms with van der Waals surface area (Å²) in [6, 6.07) is 7.94. The number of halogens is 1. The maximum Gasteiger partial charge on any atom is 0.257 e. The van der Waals surface area contributed by atoms with Crippen molar-refractivity contribution in [3.63, 3.8) is 0 Å². The van der Waals surface area contributed by atoms with Gasteiger partial charge in [0.15, 0.2) is 6.61 Å². The molecule has 0 bridgehead atoms. The fourth-order valence-electron chi connectivity index (χ4n) is 2.52. The van der Waals surface area contributed by atoms with Gasteiger partial charge >= 0.3 is 0 Å². The Kier molecular flexibility index (Phi) is 8.28. The zero-order valence-electron chi connectivity index (χ0n) is 13.4. The van der Waals surface area contributed by atoms with E-state index in [-0.39, 0.29) is 24.9 Å². The highest BCUT2D eigenvalue weighted by atomic mass is 35.5. The number of hydrogen-bond acceptors (Lipinski definition) is 3. The first-order valence-corrected chi connectivity index (χ1v) is 7.85. The Bertz CT molecular complexity index is 460. The van der Waals surface area contributed by atoms with Crippen molar-refractivity contribution in [2.45, 2.75) is 32.6 Å². The van der Waals surface area contributed by atoms with Crippen LogP contribution in [-0.4, -0.2) is 32.1 Å². The van der Waals surface area contributed by atoms with Crippen LogP contribution in [0.2, 0.25) is 0 Å². The van der Waals surface area contributed by atoms with Crippen molar-refractivity contribution in [2.75, 3.05) is 26.2 Å². The highest BCUT2D eigenvalue weighted by Gasteiger charge is 2.14. The van der Waals surface area contributed by atoms with E-state index in [2.05, 4.69) is 30.5 Å². The molecule has 1 saturated heterocycles. The molecule has 1 atom stereocenters. The maximum atomic E-state index is 11.8. The minimum Gasteiger partial charge on any atom is -0.484 e. The average Bonchev–Trinajstić information content (AvgIpc) is 2.52. The Morgan fingerprint density at radius 2 is 2.27 bits per heavy atom. The second-order valence-electron chi connectivity index (χ2n) is 6.03. The smallest absolute Gasteiger partial charge is 0.257 e. The topological polar surface area (TPSA) is 50.4 Å². The van der Waals surface area contributed by atoms with E-state index in [9.17, 15) is 4.79 Å². The molecule has 4 nitrogen and oxygen atoms in total. The van der Waals surface area contributed by atoms with Gasteiger partial charge in [0, 0.05) is 6.54 Å². The third kappa shape index (κ3) is 6.24. The van der Waals surface area contributed by atoms with Crippen molar-refractivity contribution in [3.05, 3.63) is 29.8 Å². The fourth-order valence-corrected chi connectivity index (χ4v) is 2.52. The molecule has 5 heteroatoms. The van der Waals surface area contributed by atoms with Crippen LogP contribution in [0.3, 0.4) is 0 Å². The van der Waals surface area contributed by atoms with Gasteiger partial charge in [-0.3, -0.25) is 4.79 Å². The number of carbonyl (C=O) groups excluding carboxylic acids is 1. The minimum absolute atomic E-state index is 0. The summed E-state index contributed by atoms with van der Waals surface area (Å²) in [7, 11) is 0. The van der Waals surface area contributed by atoms with E-state index in [0.29, 0.717) is 11.8 Å². The molecule has 0 saturated carbocycles. The highest BCUT2D eigenvalue weighted by molar-refractivity contribution is 5.85. The molecule has 1 aromatic rings. The van der Waals surface area contributed by atoms with Crippen LogP contribution in [-0.2, 0) is 4.79 Å². The van der Waals surface area contributed by atoms with Crippen LogP contribution in [0, 0.1) is 5.92 Å². The van der Waals surface area contributed by atoms with Crippen molar-refractivity contribution < 1.29 is 9.53 Å². The van der Waals surface area contributed by atoms with Gasteiger partial charge in [0.1, 0.15) is 5.75 Å². The van der Waals surface area contributed by atoms with Gasteiger partial charge < -0.3 is 15.4 Å². The molecule has 1 amide bonds. The molecule has 1 fully saturated rings. The van der Waals surface area contributed by atoms with E-state index >= 15 is 0 Å². The van der Waals surface area contributed by atoms with Gasteiger partial charge in [0.05, 0.1) is 0 Å². The van der Waals surface area contributed by atoms with E-state index in [1.165, 1.54) is 18.4 Å². The van der Waals surface area contributed by atoms with E-state index in [4.69, 9.17) is 4.74 Å². The summed E-state index contributed by atoms with van der Waals surface area (Å²) < 4.78 is 5.57. The Hall–Kier alpha value is -1.26. The fraction of sp³-hybridized carbons (Fsp3) is 0.588. The van der Waals surface area contributed by atoms with Crippen molar-refractivity contribution >= 4 is 18.3 Å². The van der Waals surface area contributed by atoms with Crippen molar-refractivity contribution in [1.82, 2.24) is 10.6 Å². The van der Waals surface area contributed by atoms with E-state index in [1.54, 1.807) is 0 Å². The third-order valence-corrected chi connectivity index (χ3v) is 3.88. The van der Waals surface area contributed by atoms with Gasteiger partial charge in [0.25, 0.3) is 5.91 Å². The molecule has 0 aliphatic carbocycles. The lowest BCUT2D eigenvalue weighted by molar-refractivity contribution is -0.123. The molecule has 1 unspecified atom stereocenters. The molecule has 1 aromatic carbocycles. The highest BCUT2D eigenvalue weighted by Crippen LogP contribution is 2.19. The molecular formula is C17H27ClN2O2. The monoisotopic (exact) mass is 326 g/mol. The molecule has 124 valence electrons. The van der Waals surface area contributed by atoms with Crippen LogP contribution in [0.4, 0.5) is 0 Å². The SMILES string of the molecule is CC(C)c1cccc(OCC(=O)NCC2CCCNC2)c1.Cl. The van der Waals surface area contributed by atoms with Gasteiger partial charge in [-0.1, -0.05) is 26.0 Å². The van der Waals surface area contributed by atoms with E-state index < -0.39 is 0 Å². The van der Waals surface area contributed by atoms with Crippen LogP contribution in [0.1, 0.15) is 38.2 Å². The molecule has 0 aromatic heterocycles. The predicted octanol–water partition coefficient (Wildman–Crippen LogP) is 2.73. The summed E-state index contributed by atoms with van der Waals surface area (Å²) in [5.41, 5.74) is 1.22. The van der Waals surface area contributed by atoms with Crippen LogP contribution >= 0.6 is 12.4 Å². The zero-order chi connectivity index (χ0) is 15.1. The first-order chi connectivity index (χ1) is 10.1. The number of nitrogens with one attached hydrogen (secondary N) is 2. The second-order valence-corrected chi connectivity index (χ2v) is 6.03. The van der Waals surface area contributed by atoms with Crippen LogP contribution < -0.4 is 15.4 Å². The maximum absolute atomic E-state index is 11.8. The summed E-state index contributed by atoms with van der Waals surface area (Å²) in [6.07, 6.45) is 2.38. The first-order valence-electron chi connectivity index (χ1n) is 7.85. The summed E-state index contributed by atoms with van der Waals surface area (Å²) in [4.78, 5) is 11.8. The summed E-state index contributed by atoms with van der Waals surface area (Å²) in [5.74, 6) is 1.72. The summed E-state index contributed by atoms with van der Waals surface area (Å²) >= 11 is 0. The minimum atomic E-state index is -0.0458. The lowest BCUT2D eigenvalue weighted by atomic mass is 10.00. The van der Waals surface area contributed by atoms with Crippen molar-refractivity contribution in [1.29, 1.82) is 0 Å². The van der Waals surface area contributed by atoms with Crippen molar-refractivity contribution in [2.24, 2.45) is 5.92 Å². The average molecular weight is 327 g/mol. The predicted molar refractivity (Wildman–Crippen MR) is 91.9 cm³/mol. The first kappa shape index (κ1) is 18.8. The largest absolute Gasteiger partial charge is 0.484 e. The number of piperidine rings is 1. The van der Waals surface area contributed by atoms with Gasteiger partial charge in [-0.05, 0) is 55.5 Å². The van der Waals surface area contributed by atoms with Gasteiger partial charge in [0.2, 0.25) is 0 Å². The van der Waals surface area contributed by atoms with Crippen LogP contribution in [0.25, 0.3) is 0 Å². The van der Waals surface area contributed by atoms with E-state index in [1.807, 2.05) is 18.2 Å². The van der Waals surface area contributed by atoms with Crippen LogP contribution in [0.15, 0.2) is 24.3 Å². The Labute approximate surface area is 139 Å². The number of carbonyl (C=O) groups is 1. The van der Waals surface area contributed by atoms with Crippen molar-refractivity contribution in [3.8, 4) is 5.75 Å². The molecule has 1 aliphatic rings. The molecular weight excluding hydrogens is 300 g/mol. The number of rotatable bonds is 6. The number of hydrogen-bond donors (Lipinski definition) is 2. The summed E-state index contributed by atoms with van der Waals surface area (Å²) in [5, 5.41) is 6.31. The molecule has 22 heavy (non-hydrogen) atoms. The quantitative estimate of drug-likeness (QED) is 0.845. The Morgan fingerprint density at radius 3 is 2.95 bits per heavy atom. The molecule has 1 aliphatic heterocycles. The van der Waals surface area contributed by atoms with Gasteiger partial charge in [-0.15, -0.1) is 12.4 Å². The van der Waals surface area contributed by atoms with Gasteiger partial charge in [-0.25, -0.2) is 0 Å². The molecule has 0 radical (unpaired) electrons. The number of benzene rings is 1. The molecule has 2 N–H and O–H groups in total. The lowest BCUT2D eigenvalue weighted by Gasteiger charge is -2.22. The standard InChI is InChI=1S/C17H26N2O2.ClH/c1-13(2)15-6-3-7-16(9-15)21-12-17(20)19-11-14-5-4-8-18-10-14;/h3,6-7,9,13-14,18H,4-5,8,10-12H2,1-2H3,(H,19,20);1H. The molecule has 1 heterocycles. The number of amides is 1. The lowest BCUT2D eigenvalue weighted by Crippen LogP contribution is -2.39. The van der Waals surface area contributed by atoms with Gasteiger partial charge in [-0.2, -0.15) is 0 Å². The normalized spacial score (nSPS) is 17.7. The third-order valence-electron chi connectivity index (χ3n) is 3.88. The molecule has 0 spiro atoms. The Balaban J connectivity index is 0.00000242. The number of ether oxygens (including phenoxy) is 1. The second kappa shape index (κ2) is 9.70.